The summed E-state index contributed by atoms with van der Waals surface area (Å²) < 4.78 is 22.4. The molecule has 4 aliphatic rings. The van der Waals surface area contributed by atoms with Gasteiger partial charge in [-0.15, -0.1) is 0 Å². The molecule has 21 heteroatoms. The van der Waals surface area contributed by atoms with Crippen molar-refractivity contribution in [3.8, 4) is 0 Å². The number of carbonyl (C=O) groups excluding carboxylic acids is 8. The van der Waals surface area contributed by atoms with Crippen molar-refractivity contribution < 1.29 is 62.1 Å². The van der Waals surface area contributed by atoms with Gasteiger partial charge in [0.05, 0.1) is 75.0 Å². The second-order valence-corrected chi connectivity index (χ2v) is 34.9. The fourth-order valence-electron chi connectivity index (χ4n) is 10.4. The standard InChI is InChI=1S/C23H40N2O4.C22H40N4O5.C22H43NO4Si.CH4/c1-14(2)11-18(21(27)23(5)9-10-23)25-22(28)17(16-7-8-16)12-20(26)19(13-29-6)24-15(3)4;1-13(2)19(25-14(3)4)18(28)10-16(11-27)21(30)26-17(8-7-9-24-15(5)23)20(29)22(6)12-31-22;1-15(2)11-17(5)20(25)23-18(12-16(3)4)19(24)22(13-26-22)14-27-28(9,10)21(6,7)8;/h14-19,24H,7-13H2,1-6H3,(H,25,28);13-14,16-17,19,24-25,27H,5,7-12,23H2,1-4,6H3,(H,26,30);15-18H,11-14H2,1-10H3,(H,23,25);1H4/t17-,18-,19-;16-,17-,19-,22+;17-,18+,22+;/m001./s1. The molecule has 516 valence electrons. The molecule has 3 amide bonds. The number of ketones is 5. The number of aliphatic hydroxyl groups is 1. The van der Waals surface area contributed by atoms with Crippen LogP contribution in [0.4, 0.5) is 0 Å². The Bertz CT molecular complexity index is 2280. The van der Waals surface area contributed by atoms with Crippen LogP contribution in [0.5, 0.6) is 0 Å². The second kappa shape index (κ2) is 37.1. The maximum absolute atomic E-state index is 13.3. The van der Waals surface area contributed by atoms with E-state index in [-0.39, 0.29) is 114 Å². The zero-order chi connectivity index (χ0) is 67.4. The first-order valence-electron chi connectivity index (χ1n) is 32.9. The third kappa shape index (κ3) is 28.8. The molecule has 2 aliphatic heterocycles. The van der Waals surface area contributed by atoms with Crippen LogP contribution in [0.3, 0.4) is 0 Å². The van der Waals surface area contributed by atoms with E-state index in [0.717, 1.165) is 32.1 Å². The van der Waals surface area contributed by atoms with E-state index in [4.69, 9.17) is 24.4 Å². The van der Waals surface area contributed by atoms with E-state index >= 15 is 0 Å². The number of epoxide rings is 2. The summed E-state index contributed by atoms with van der Waals surface area (Å²) in [4.78, 5) is 103. The Labute approximate surface area is 538 Å². The summed E-state index contributed by atoms with van der Waals surface area (Å²) in [6.07, 6.45) is 6.86. The topological polar surface area (TPSA) is 299 Å². The molecule has 4 rings (SSSR count). The van der Waals surface area contributed by atoms with Crippen LogP contribution in [-0.4, -0.2) is 160 Å². The maximum Gasteiger partial charge on any atom is 0.226 e. The van der Waals surface area contributed by atoms with Crippen molar-refractivity contribution >= 4 is 55.0 Å². The summed E-state index contributed by atoms with van der Waals surface area (Å²) in [7, 11) is -0.398. The third-order valence-electron chi connectivity index (χ3n) is 17.5. The van der Waals surface area contributed by atoms with Crippen LogP contribution in [0.2, 0.25) is 18.1 Å². The quantitative estimate of drug-likeness (QED) is 0.0162. The Balaban J connectivity index is 0.000000665. The van der Waals surface area contributed by atoms with Crippen LogP contribution in [0.15, 0.2) is 12.4 Å². The molecule has 2 saturated heterocycles. The molecule has 4 fully saturated rings. The highest BCUT2D eigenvalue weighted by Crippen LogP contribution is 2.47. The summed E-state index contributed by atoms with van der Waals surface area (Å²) in [6, 6.07) is -2.30. The van der Waals surface area contributed by atoms with Gasteiger partial charge in [0, 0.05) is 55.8 Å². The van der Waals surface area contributed by atoms with E-state index in [1.807, 2.05) is 55.4 Å². The first kappa shape index (κ1) is 83.0. The SMILES string of the molecule is C.C=C(N)NCCC[C@H](NC(=O)[C@H](CO)CC(=O)[C@@H](NC(C)C)C(C)C)C(=O)[C@@]1(C)CO1.CC(C)C[C@@H](C)C(=O)N[C@@H](CC(C)C)C(=O)[C@@]1(CO[Si](C)(C)C(C)(C)C)CO1.COC[C@H](NC(C)C)C(=O)C[C@H](C(=O)N[C@@H](CC(C)C)C(=O)C1(C)CC1)C1CC1. The van der Waals surface area contributed by atoms with Gasteiger partial charge in [-0.25, -0.2) is 0 Å². The van der Waals surface area contributed by atoms with Crippen LogP contribution >= 0.6 is 0 Å². The summed E-state index contributed by atoms with van der Waals surface area (Å²) in [6.45, 7) is 45.6. The number of aliphatic hydroxyl groups excluding tert-OH is 1. The molecule has 0 spiro atoms. The van der Waals surface area contributed by atoms with Crippen LogP contribution in [0, 0.1) is 52.8 Å². The fraction of sp³-hybridized carbons (Fsp3) is 0.853. The normalized spacial score (nSPS) is 21.1. The number of Topliss-reactive ketones (excluding diaryl/α,β-unsaturated/α-hetero) is 5. The Morgan fingerprint density at radius 1 is 0.685 bits per heavy atom. The average molecular weight is 1280 g/mol. The number of nitrogens with two attached hydrogens (primary N) is 1. The molecule has 0 unspecified atom stereocenters. The van der Waals surface area contributed by atoms with E-state index in [1.165, 1.54) is 0 Å². The van der Waals surface area contributed by atoms with Crippen molar-refractivity contribution in [1.82, 2.24) is 31.9 Å². The molecule has 0 aromatic carbocycles. The Morgan fingerprint density at radius 3 is 1.61 bits per heavy atom. The molecule has 0 radical (unpaired) electrons. The molecule has 10 atom stereocenters. The highest BCUT2D eigenvalue weighted by atomic mass is 28.4. The second-order valence-electron chi connectivity index (χ2n) is 30.1. The predicted octanol–water partition coefficient (Wildman–Crippen LogP) is 8.30. The van der Waals surface area contributed by atoms with Crippen LogP contribution in [0.1, 0.15) is 203 Å². The van der Waals surface area contributed by atoms with Gasteiger partial charge in [0.2, 0.25) is 17.7 Å². The summed E-state index contributed by atoms with van der Waals surface area (Å²) in [5.41, 5.74) is 3.43. The van der Waals surface area contributed by atoms with Crippen molar-refractivity contribution in [2.75, 3.05) is 46.7 Å². The Kier molecular flexibility index (Phi) is 34.6. The molecular weight excluding hydrogens is 1150 g/mol. The summed E-state index contributed by atoms with van der Waals surface area (Å²) in [5.74, 6) is -0.635. The zero-order valence-corrected chi connectivity index (χ0v) is 59.3. The van der Waals surface area contributed by atoms with Gasteiger partial charge in [0.1, 0.15) is 5.60 Å². The van der Waals surface area contributed by atoms with E-state index in [2.05, 4.69) is 114 Å². The third-order valence-corrected chi connectivity index (χ3v) is 22.0. The summed E-state index contributed by atoms with van der Waals surface area (Å²) in [5, 5.41) is 28.0. The lowest BCUT2D eigenvalue weighted by Gasteiger charge is -2.37. The number of carbonyl (C=O) groups is 8. The minimum absolute atomic E-state index is 0. The van der Waals surface area contributed by atoms with Gasteiger partial charge >= 0.3 is 0 Å². The molecule has 89 heavy (non-hydrogen) atoms. The first-order chi connectivity index (χ1) is 40.6. The minimum Gasteiger partial charge on any atom is -0.413 e. The van der Waals surface area contributed by atoms with Crippen molar-refractivity contribution in [2.24, 2.45) is 58.5 Å². The van der Waals surface area contributed by atoms with Crippen molar-refractivity contribution in [1.29, 1.82) is 0 Å². The van der Waals surface area contributed by atoms with Crippen molar-refractivity contribution in [3.05, 3.63) is 12.4 Å². The lowest BCUT2D eigenvalue weighted by Crippen LogP contribution is -2.52. The Hall–Kier alpha value is -3.96. The highest BCUT2D eigenvalue weighted by molar-refractivity contribution is 6.74. The van der Waals surface area contributed by atoms with Gasteiger partial charge in [-0.05, 0) is 112 Å². The molecule has 2 saturated carbocycles. The molecule has 2 aliphatic carbocycles. The smallest absolute Gasteiger partial charge is 0.226 e. The van der Waals surface area contributed by atoms with Gasteiger partial charge in [-0.1, -0.05) is 132 Å². The molecule has 0 aromatic heterocycles. The zero-order valence-electron chi connectivity index (χ0n) is 58.3. The van der Waals surface area contributed by atoms with Gasteiger partial charge < -0.3 is 61.4 Å². The number of methoxy groups -OCH3 is 1. The van der Waals surface area contributed by atoms with Crippen LogP contribution in [-0.2, 0) is 57.0 Å². The van der Waals surface area contributed by atoms with Crippen molar-refractivity contribution in [3.63, 3.8) is 0 Å². The van der Waals surface area contributed by atoms with E-state index in [0.29, 0.717) is 75.6 Å². The Morgan fingerprint density at radius 2 is 1.19 bits per heavy atom. The van der Waals surface area contributed by atoms with Gasteiger partial charge in [0.15, 0.2) is 42.8 Å². The van der Waals surface area contributed by atoms with E-state index in [9.17, 15) is 43.5 Å². The molecule has 0 bridgehead atoms. The minimum atomic E-state index is -1.98. The number of hydrogen-bond acceptors (Lipinski definition) is 17. The van der Waals surface area contributed by atoms with E-state index in [1.54, 1.807) is 14.0 Å². The molecule has 9 N–H and O–H groups in total. The monoisotopic (exact) mass is 1280 g/mol. The summed E-state index contributed by atoms with van der Waals surface area (Å²) >= 11 is 0. The van der Waals surface area contributed by atoms with Gasteiger partial charge in [-0.2, -0.15) is 0 Å². The maximum atomic E-state index is 13.3. The van der Waals surface area contributed by atoms with Crippen molar-refractivity contribution in [2.45, 2.75) is 274 Å². The number of nitrogens with one attached hydrogen (secondary N) is 6. The molecular formula is C68H127N7O13Si. The number of rotatable bonds is 41. The molecule has 2 heterocycles. The largest absolute Gasteiger partial charge is 0.413 e. The van der Waals surface area contributed by atoms with Crippen LogP contribution < -0.4 is 37.6 Å². The van der Waals surface area contributed by atoms with Gasteiger partial charge in [-0.3, -0.25) is 38.4 Å². The average Bonchev–Trinajstić information content (AvgIpc) is 1.66. The lowest BCUT2D eigenvalue weighted by molar-refractivity contribution is -0.135. The van der Waals surface area contributed by atoms with E-state index < -0.39 is 68.2 Å². The van der Waals surface area contributed by atoms with Gasteiger partial charge in [0.25, 0.3) is 0 Å². The van der Waals surface area contributed by atoms with Crippen LogP contribution in [0.25, 0.3) is 0 Å². The number of amides is 3. The molecule has 20 nitrogen and oxygen atoms in total. The first-order valence-corrected chi connectivity index (χ1v) is 35.8. The lowest BCUT2D eigenvalue weighted by atomic mass is 9.89. The number of ether oxygens (including phenoxy) is 3. The number of hydrogen-bond donors (Lipinski definition) is 8. The fourth-order valence-corrected chi connectivity index (χ4v) is 11.4. The molecule has 0 aromatic rings. The highest BCUT2D eigenvalue weighted by Gasteiger charge is 2.56. The predicted molar refractivity (Wildman–Crippen MR) is 356 cm³/mol.